The lowest BCUT2D eigenvalue weighted by atomic mass is 10.1. The molecule has 21 heavy (non-hydrogen) atoms. The summed E-state index contributed by atoms with van der Waals surface area (Å²) in [6, 6.07) is 3.90. The molecule has 1 aromatic rings. The molecule has 2 heterocycles. The Hall–Kier alpha value is -0.880. The predicted octanol–water partition coefficient (Wildman–Crippen LogP) is 0.879. The maximum atomic E-state index is 11.7. The fraction of sp³-hybridized carbons (Fsp3) is 0.571. The van der Waals surface area contributed by atoms with Gasteiger partial charge in [0.1, 0.15) is 0 Å². The molecule has 1 fully saturated rings. The van der Waals surface area contributed by atoms with Gasteiger partial charge in [0.25, 0.3) is 0 Å². The van der Waals surface area contributed by atoms with Gasteiger partial charge in [-0.25, -0.2) is 0 Å². The second-order valence-corrected chi connectivity index (χ2v) is 4.80. The summed E-state index contributed by atoms with van der Waals surface area (Å²) in [6.07, 6.45) is 4.85. The molecule has 0 atom stereocenters. The van der Waals surface area contributed by atoms with Crippen LogP contribution in [0.3, 0.4) is 0 Å². The molecule has 1 saturated heterocycles. The largest absolute Gasteiger partial charge is 0.355 e. The second-order valence-electron chi connectivity index (χ2n) is 4.80. The zero-order valence-electron chi connectivity index (χ0n) is 12.1. The third-order valence-electron chi connectivity index (χ3n) is 3.35. The molecule has 2 N–H and O–H groups in total. The van der Waals surface area contributed by atoms with Crippen LogP contribution in [0.4, 0.5) is 0 Å². The number of carbonyl (C=O) groups excluding carboxylic acids is 1. The van der Waals surface area contributed by atoms with Gasteiger partial charge in [-0.15, -0.1) is 24.8 Å². The van der Waals surface area contributed by atoms with E-state index in [0.717, 1.165) is 51.3 Å². The number of carbonyl (C=O) groups is 1. The number of aromatic nitrogens is 1. The topological polar surface area (TPSA) is 57.3 Å². The average molecular weight is 335 g/mol. The molecule has 0 saturated carbocycles. The van der Waals surface area contributed by atoms with E-state index in [1.807, 2.05) is 12.1 Å². The smallest absolute Gasteiger partial charge is 0.220 e. The molecular formula is C14H24Cl2N4O. The van der Waals surface area contributed by atoms with Crippen LogP contribution in [0.15, 0.2) is 24.5 Å². The highest BCUT2D eigenvalue weighted by Crippen LogP contribution is 2.00. The standard InChI is InChI=1S/C14H22N4O.2ClH/c19-14(2-1-13-3-5-15-6-4-13)17-9-12-18-10-7-16-8-11-18;;/h3-6,16H,1-2,7-12H2,(H,17,19);2*1H. The molecule has 0 unspecified atom stereocenters. The summed E-state index contributed by atoms with van der Waals surface area (Å²) in [6.45, 7) is 5.95. The van der Waals surface area contributed by atoms with Crippen molar-refractivity contribution in [3.8, 4) is 0 Å². The lowest BCUT2D eigenvalue weighted by Gasteiger charge is -2.27. The first kappa shape index (κ1) is 20.1. The summed E-state index contributed by atoms with van der Waals surface area (Å²) in [7, 11) is 0. The minimum Gasteiger partial charge on any atom is -0.355 e. The van der Waals surface area contributed by atoms with E-state index in [4.69, 9.17) is 0 Å². The van der Waals surface area contributed by atoms with E-state index in [-0.39, 0.29) is 30.7 Å². The number of halogens is 2. The van der Waals surface area contributed by atoms with Crippen molar-refractivity contribution in [2.24, 2.45) is 0 Å². The van der Waals surface area contributed by atoms with Gasteiger partial charge in [-0.3, -0.25) is 14.7 Å². The van der Waals surface area contributed by atoms with Crippen LogP contribution in [0.25, 0.3) is 0 Å². The first-order valence-corrected chi connectivity index (χ1v) is 6.93. The van der Waals surface area contributed by atoms with Gasteiger partial charge in [-0.05, 0) is 24.1 Å². The van der Waals surface area contributed by atoms with E-state index in [2.05, 4.69) is 20.5 Å². The third-order valence-corrected chi connectivity index (χ3v) is 3.35. The van der Waals surface area contributed by atoms with E-state index in [0.29, 0.717) is 6.42 Å². The molecule has 1 aliphatic rings. The Morgan fingerprint density at radius 1 is 1.24 bits per heavy atom. The molecule has 0 radical (unpaired) electrons. The summed E-state index contributed by atoms with van der Waals surface area (Å²) < 4.78 is 0. The van der Waals surface area contributed by atoms with Gasteiger partial charge in [0.15, 0.2) is 0 Å². The Bertz CT molecular complexity index is 386. The minimum absolute atomic E-state index is 0. The Balaban J connectivity index is 0.00000200. The highest BCUT2D eigenvalue weighted by Gasteiger charge is 2.09. The molecule has 0 aromatic carbocycles. The Morgan fingerprint density at radius 3 is 2.57 bits per heavy atom. The normalized spacial score (nSPS) is 14.7. The maximum Gasteiger partial charge on any atom is 0.220 e. The number of hydrogen-bond donors (Lipinski definition) is 2. The van der Waals surface area contributed by atoms with Crippen molar-refractivity contribution in [1.29, 1.82) is 0 Å². The molecule has 2 rings (SSSR count). The SMILES string of the molecule is Cl.Cl.O=C(CCc1ccncc1)NCCN1CCNCC1. The van der Waals surface area contributed by atoms with Crippen LogP contribution in [-0.2, 0) is 11.2 Å². The van der Waals surface area contributed by atoms with Gasteiger partial charge in [0.2, 0.25) is 5.91 Å². The first-order chi connectivity index (χ1) is 9.34. The summed E-state index contributed by atoms with van der Waals surface area (Å²) >= 11 is 0. The van der Waals surface area contributed by atoms with Gasteiger partial charge in [-0.2, -0.15) is 0 Å². The van der Waals surface area contributed by atoms with Crippen molar-refractivity contribution in [1.82, 2.24) is 20.5 Å². The zero-order valence-corrected chi connectivity index (χ0v) is 13.7. The number of hydrogen-bond acceptors (Lipinski definition) is 4. The highest BCUT2D eigenvalue weighted by atomic mass is 35.5. The number of amides is 1. The van der Waals surface area contributed by atoms with Gasteiger partial charge in [0, 0.05) is 58.1 Å². The van der Waals surface area contributed by atoms with Crippen molar-refractivity contribution in [2.45, 2.75) is 12.8 Å². The monoisotopic (exact) mass is 334 g/mol. The van der Waals surface area contributed by atoms with Crippen LogP contribution >= 0.6 is 24.8 Å². The number of aryl methyl sites for hydroxylation is 1. The van der Waals surface area contributed by atoms with E-state index >= 15 is 0 Å². The van der Waals surface area contributed by atoms with Crippen molar-refractivity contribution < 1.29 is 4.79 Å². The average Bonchev–Trinajstić information content (AvgIpc) is 2.47. The molecule has 1 aliphatic heterocycles. The minimum atomic E-state index is 0. The van der Waals surface area contributed by atoms with Crippen LogP contribution in [-0.4, -0.2) is 55.1 Å². The predicted molar refractivity (Wildman–Crippen MR) is 89.4 cm³/mol. The van der Waals surface area contributed by atoms with Gasteiger partial charge < -0.3 is 10.6 Å². The molecule has 0 bridgehead atoms. The van der Waals surface area contributed by atoms with Gasteiger partial charge >= 0.3 is 0 Å². The van der Waals surface area contributed by atoms with Crippen molar-refractivity contribution in [2.75, 3.05) is 39.3 Å². The molecule has 1 amide bonds. The molecule has 7 heteroatoms. The summed E-state index contributed by atoms with van der Waals surface area (Å²) in [5.41, 5.74) is 1.16. The number of rotatable bonds is 6. The van der Waals surface area contributed by atoms with Crippen LogP contribution < -0.4 is 10.6 Å². The lowest BCUT2D eigenvalue weighted by molar-refractivity contribution is -0.121. The molecule has 0 spiro atoms. The lowest BCUT2D eigenvalue weighted by Crippen LogP contribution is -2.46. The van der Waals surface area contributed by atoms with Gasteiger partial charge in [0.05, 0.1) is 0 Å². The fourth-order valence-electron chi connectivity index (χ4n) is 2.18. The third kappa shape index (κ3) is 8.21. The number of piperazine rings is 1. The highest BCUT2D eigenvalue weighted by molar-refractivity contribution is 5.85. The second kappa shape index (κ2) is 11.7. The summed E-state index contributed by atoms with van der Waals surface area (Å²) in [5, 5.41) is 6.30. The maximum absolute atomic E-state index is 11.7. The Kier molecular flexibility index (Phi) is 11.3. The van der Waals surface area contributed by atoms with E-state index in [9.17, 15) is 4.79 Å². The molecule has 120 valence electrons. The zero-order chi connectivity index (χ0) is 13.3. The Labute approximate surface area is 138 Å². The van der Waals surface area contributed by atoms with Crippen LogP contribution in [0, 0.1) is 0 Å². The molecular weight excluding hydrogens is 311 g/mol. The van der Waals surface area contributed by atoms with Crippen LogP contribution in [0.2, 0.25) is 0 Å². The van der Waals surface area contributed by atoms with Crippen LogP contribution in [0.5, 0.6) is 0 Å². The quantitative estimate of drug-likeness (QED) is 0.810. The fourth-order valence-corrected chi connectivity index (χ4v) is 2.18. The molecule has 1 aromatic heterocycles. The van der Waals surface area contributed by atoms with Crippen molar-refractivity contribution in [3.63, 3.8) is 0 Å². The molecule has 0 aliphatic carbocycles. The van der Waals surface area contributed by atoms with E-state index < -0.39 is 0 Å². The summed E-state index contributed by atoms with van der Waals surface area (Å²) in [4.78, 5) is 18.0. The van der Waals surface area contributed by atoms with Gasteiger partial charge in [-0.1, -0.05) is 0 Å². The van der Waals surface area contributed by atoms with Crippen molar-refractivity contribution >= 4 is 30.7 Å². The Morgan fingerprint density at radius 2 is 1.90 bits per heavy atom. The number of pyridine rings is 1. The molecule has 5 nitrogen and oxygen atoms in total. The van der Waals surface area contributed by atoms with Crippen LogP contribution in [0.1, 0.15) is 12.0 Å². The number of nitrogens with one attached hydrogen (secondary N) is 2. The van der Waals surface area contributed by atoms with E-state index in [1.165, 1.54) is 0 Å². The van der Waals surface area contributed by atoms with E-state index in [1.54, 1.807) is 12.4 Å². The summed E-state index contributed by atoms with van der Waals surface area (Å²) in [5.74, 6) is 0.131. The number of nitrogens with zero attached hydrogens (tertiary/aromatic N) is 2. The first-order valence-electron chi connectivity index (χ1n) is 6.93. The van der Waals surface area contributed by atoms with Crippen molar-refractivity contribution in [3.05, 3.63) is 30.1 Å².